The highest BCUT2D eigenvalue weighted by Crippen LogP contribution is 2.21. The van der Waals surface area contributed by atoms with Gasteiger partial charge in [-0.25, -0.2) is 9.97 Å². The summed E-state index contributed by atoms with van der Waals surface area (Å²) in [5.74, 6) is 0.260. The molecule has 2 aromatic heterocycles. The van der Waals surface area contributed by atoms with E-state index >= 15 is 0 Å². The number of para-hydroxylation sites is 1. The number of ketones is 1. The molecule has 3 aromatic carbocycles. The second-order valence-corrected chi connectivity index (χ2v) is 6.91. The van der Waals surface area contributed by atoms with E-state index in [0.717, 1.165) is 28.7 Å². The average Bonchev–Trinajstić information content (AvgIpc) is 3.44. The van der Waals surface area contributed by atoms with Crippen molar-refractivity contribution in [2.45, 2.75) is 6.42 Å². The van der Waals surface area contributed by atoms with Crippen molar-refractivity contribution in [2.75, 3.05) is 0 Å². The van der Waals surface area contributed by atoms with E-state index in [9.17, 15) is 4.79 Å². The molecule has 0 aliphatic rings. The molecule has 0 saturated carbocycles. The monoisotopic (exact) mass is 378 g/mol. The van der Waals surface area contributed by atoms with Gasteiger partial charge in [-0.1, -0.05) is 54.6 Å². The van der Waals surface area contributed by atoms with Gasteiger partial charge in [0, 0.05) is 23.6 Å². The number of imidazole rings is 2. The third kappa shape index (κ3) is 3.34. The highest BCUT2D eigenvalue weighted by Gasteiger charge is 2.14. The first-order chi connectivity index (χ1) is 14.3. The molecule has 5 nitrogen and oxygen atoms in total. The first-order valence-electron chi connectivity index (χ1n) is 9.42. The van der Waals surface area contributed by atoms with Crippen molar-refractivity contribution in [3.05, 3.63) is 114 Å². The molecule has 0 atom stereocenters. The van der Waals surface area contributed by atoms with E-state index in [2.05, 4.69) is 39.2 Å². The van der Waals surface area contributed by atoms with Crippen LogP contribution in [0.25, 0.3) is 16.7 Å². The van der Waals surface area contributed by atoms with Crippen LogP contribution in [0.1, 0.15) is 27.3 Å². The van der Waals surface area contributed by atoms with Gasteiger partial charge in [0.15, 0.2) is 5.82 Å². The van der Waals surface area contributed by atoms with Crippen molar-refractivity contribution < 1.29 is 4.79 Å². The Balaban J connectivity index is 1.47. The SMILES string of the molecule is O=C(c1ccccc1)c1nc2ccc(Cc3ccccc3-n3ccnc3)cc2[nH]1. The number of aromatic nitrogens is 4. The molecule has 1 N–H and O–H groups in total. The van der Waals surface area contributed by atoms with E-state index in [1.807, 2.05) is 47.2 Å². The molecule has 0 aliphatic carbocycles. The van der Waals surface area contributed by atoms with E-state index in [4.69, 9.17) is 0 Å². The van der Waals surface area contributed by atoms with Gasteiger partial charge >= 0.3 is 0 Å². The summed E-state index contributed by atoms with van der Waals surface area (Å²) in [5, 5.41) is 0. The lowest BCUT2D eigenvalue weighted by Gasteiger charge is -2.10. The molecular weight excluding hydrogens is 360 g/mol. The molecule has 0 amide bonds. The lowest BCUT2D eigenvalue weighted by atomic mass is 10.0. The fourth-order valence-electron chi connectivity index (χ4n) is 3.53. The van der Waals surface area contributed by atoms with Crippen molar-refractivity contribution in [2.24, 2.45) is 0 Å². The fourth-order valence-corrected chi connectivity index (χ4v) is 3.53. The van der Waals surface area contributed by atoms with E-state index < -0.39 is 0 Å². The number of benzene rings is 3. The summed E-state index contributed by atoms with van der Waals surface area (Å²) in [4.78, 5) is 24.5. The molecule has 0 fully saturated rings. The zero-order valence-corrected chi connectivity index (χ0v) is 15.6. The number of rotatable bonds is 5. The Kier molecular flexibility index (Phi) is 4.26. The topological polar surface area (TPSA) is 63.6 Å². The molecule has 0 spiro atoms. The number of aromatic amines is 1. The molecule has 29 heavy (non-hydrogen) atoms. The minimum atomic E-state index is -0.103. The van der Waals surface area contributed by atoms with Gasteiger partial charge in [0.1, 0.15) is 0 Å². The minimum absolute atomic E-state index is 0.103. The molecule has 0 unspecified atom stereocenters. The van der Waals surface area contributed by atoms with Crippen molar-refractivity contribution in [1.82, 2.24) is 19.5 Å². The molecule has 0 aliphatic heterocycles. The van der Waals surface area contributed by atoms with Gasteiger partial charge in [0.2, 0.25) is 5.78 Å². The molecule has 0 saturated heterocycles. The Morgan fingerprint density at radius 1 is 0.966 bits per heavy atom. The van der Waals surface area contributed by atoms with Gasteiger partial charge in [-0.2, -0.15) is 0 Å². The van der Waals surface area contributed by atoms with Crippen LogP contribution < -0.4 is 0 Å². The van der Waals surface area contributed by atoms with Crippen LogP contribution in [0.5, 0.6) is 0 Å². The summed E-state index contributed by atoms with van der Waals surface area (Å²) in [6, 6.07) is 23.6. The molecule has 5 aromatic rings. The van der Waals surface area contributed by atoms with Gasteiger partial charge in [0.25, 0.3) is 0 Å². The molecule has 140 valence electrons. The molecule has 5 heteroatoms. The quantitative estimate of drug-likeness (QED) is 0.456. The van der Waals surface area contributed by atoms with Crippen LogP contribution in [0.4, 0.5) is 0 Å². The summed E-state index contributed by atoms with van der Waals surface area (Å²) in [6.45, 7) is 0. The van der Waals surface area contributed by atoms with Crippen LogP contribution in [0.2, 0.25) is 0 Å². The van der Waals surface area contributed by atoms with Crippen molar-refractivity contribution in [3.63, 3.8) is 0 Å². The van der Waals surface area contributed by atoms with E-state index in [1.165, 1.54) is 5.56 Å². The predicted octanol–water partition coefficient (Wildman–Crippen LogP) is 4.57. The Labute approximate surface area is 167 Å². The highest BCUT2D eigenvalue weighted by atomic mass is 16.1. The standard InChI is InChI=1S/C24H18N4O/c29-23(18-6-2-1-3-7-18)24-26-20-11-10-17(15-21(20)27-24)14-19-8-4-5-9-22(19)28-13-12-25-16-28/h1-13,15-16H,14H2,(H,26,27). The van der Waals surface area contributed by atoms with Gasteiger partial charge in [0.05, 0.1) is 17.4 Å². The van der Waals surface area contributed by atoms with E-state index in [-0.39, 0.29) is 5.78 Å². The Morgan fingerprint density at radius 3 is 2.62 bits per heavy atom. The van der Waals surface area contributed by atoms with Crippen LogP contribution in [0, 0.1) is 0 Å². The summed E-state index contributed by atoms with van der Waals surface area (Å²) >= 11 is 0. The number of H-pyrrole nitrogens is 1. The maximum atomic E-state index is 12.7. The van der Waals surface area contributed by atoms with Crippen LogP contribution >= 0.6 is 0 Å². The van der Waals surface area contributed by atoms with Crippen LogP contribution in [-0.2, 0) is 6.42 Å². The Bertz CT molecular complexity index is 1290. The van der Waals surface area contributed by atoms with Crippen LogP contribution in [-0.4, -0.2) is 25.3 Å². The molecule has 0 bridgehead atoms. The Morgan fingerprint density at radius 2 is 1.79 bits per heavy atom. The fraction of sp³-hybridized carbons (Fsp3) is 0.0417. The van der Waals surface area contributed by atoms with Gasteiger partial charge < -0.3 is 9.55 Å². The van der Waals surface area contributed by atoms with Crippen molar-refractivity contribution in [3.8, 4) is 5.69 Å². The molecule has 5 rings (SSSR count). The van der Waals surface area contributed by atoms with Crippen molar-refractivity contribution >= 4 is 16.8 Å². The predicted molar refractivity (Wildman–Crippen MR) is 112 cm³/mol. The zero-order valence-electron chi connectivity index (χ0n) is 15.6. The smallest absolute Gasteiger partial charge is 0.228 e. The van der Waals surface area contributed by atoms with Gasteiger partial charge in [-0.15, -0.1) is 0 Å². The van der Waals surface area contributed by atoms with Gasteiger partial charge in [-0.05, 0) is 35.7 Å². The van der Waals surface area contributed by atoms with Crippen LogP contribution in [0.15, 0.2) is 91.5 Å². The zero-order chi connectivity index (χ0) is 19.6. The Hall–Kier alpha value is -3.99. The second-order valence-electron chi connectivity index (χ2n) is 6.91. The third-order valence-corrected chi connectivity index (χ3v) is 4.97. The number of nitrogens with zero attached hydrogens (tertiary/aromatic N) is 3. The number of carbonyl (C=O) groups excluding carboxylic acids is 1. The third-order valence-electron chi connectivity index (χ3n) is 4.97. The van der Waals surface area contributed by atoms with E-state index in [0.29, 0.717) is 11.4 Å². The summed E-state index contributed by atoms with van der Waals surface area (Å²) in [7, 11) is 0. The molecular formula is C24H18N4O. The summed E-state index contributed by atoms with van der Waals surface area (Å²) in [5.41, 5.74) is 5.73. The van der Waals surface area contributed by atoms with E-state index in [1.54, 1.807) is 24.7 Å². The minimum Gasteiger partial charge on any atom is -0.335 e. The number of hydrogen-bond acceptors (Lipinski definition) is 3. The second kappa shape index (κ2) is 7.20. The largest absolute Gasteiger partial charge is 0.335 e. The number of nitrogens with one attached hydrogen (secondary N) is 1. The summed E-state index contributed by atoms with van der Waals surface area (Å²) < 4.78 is 2.01. The first kappa shape index (κ1) is 17.1. The highest BCUT2D eigenvalue weighted by molar-refractivity contribution is 6.07. The average molecular weight is 378 g/mol. The van der Waals surface area contributed by atoms with Crippen LogP contribution in [0.3, 0.4) is 0 Å². The maximum Gasteiger partial charge on any atom is 0.228 e. The lowest BCUT2D eigenvalue weighted by molar-refractivity contribution is 0.103. The molecule has 0 radical (unpaired) electrons. The number of carbonyl (C=O) groups is 1. The lowest BCUT2D eigenvalue weighted by Crippen LogP contribution is -2.02. The normalized spacial score (nSPS) is 11.0. The maximum absolute atomic E-state index is 12.7. The molecule has 2 heterocycles. The first-order valence-corrected chi connectivity index (χ1v) is 9.42. The number of hydrogen-bond donors (Lipinski definition) is 1. The van der Waals surface area contributed by atoms with Crippen molar-refractivity contribution in [1.29, 1.82) is 0 Å². The number of fused-ring (bicyclic) bond motifs is 1. The van der Waals surface area contributed by atoms with Gasteiger partial charge in [-0.3, -0.25) is 4.79 Å². The summed E-state index contributed by atoms with van der Waals surface area (Å²) in [6.07, 6.45) is 6.29.